The maximum Gasteiger partial charge on any atom is 0.234 e. The van der Waals surface area contributed by atoms with Gasteiger partial charge in [-0.25, -0.2) is 8.78 Å². The van der Waals surface area contributed by atoms with E-state index in [9.17, 15) is 13.6 Å². The molecule has 1 heterocycles. The van der Waals surface area contributed by atoms with E-state index in [0.717, 1.165) is 11.1 Å². The Bertz CT molecular complexity index is 736. The molecule has 2 aromatic carbocycles. The first kappa shape index (κ1) is 17.4. The van der Waals surface area contributed by atoms with Crippen LogP contribution in [0.4, 0.5) is 8.78 Å². The van der Waals surface area contributed by atoms with Crippen LogP contribution < -0.4 is 10.5 Å². The summed E-state index contributed by atoms with van der Waals surface area (Å²) < 4.78 is 32.3. The molecule has 1 amide bonds. The summed E-state index contributed by atoms with van der Waals surface area (Å²) in [5.41, 5.74) is 7.03. The number of likely N-dealkylation sites (tertiary alicyclic amines) is 1. The molecule has 1 aliphatic rings. The number of carbonyl (C=O) groups is 1. The zero-order chi connectivity index (χ0) is 17.8. The number of nitrogens with zero attached hydrogens (tertiary/aromatic N) is 1. The lowest BCUT2D eigenvalue weighted by Crippen LogP contribution is -2.39. The number of hydrogen-bond acceptors (Lipinski definition) is 3. The third-order valence-corrected chi connectivity index (χ3v) is 4.28. The van der Waals surface area contributed by atoms with E-state index in [-0.39, 0.29) is 25.4 Å². The van der Waals surface area contributed by atoms with E-state index in [0.29, 0.717) is 12.3 Å². The molecule has 2 aromatic rings. The fourth-order valence-corrected chi connectivity index (χ4v) is 3.04. The molecule has 0 saturated carbocycles. The third kappa shape index (κ3) is 4.54. The fourth-order valence-electron chi connectivity index (χ4n) is 3.04. The number of ether oxygens (including phenoxy) is 1. The van der Waals surface area contributed by atoms with Gasteiger partial charge in [0.1, 0.15) is 24.3 Å². The molecule has 0 unspecified atom stereocenters. The summed E-state index contributed by atoms with van der Waals surface area (Å²) in [6.07, 6.45) is -0.865. The van der Waals surface area contributed by atoms with E-state index in [2.05, 4.69) is 0 Å². The third-order valence-electron chi connectivity index (χ3n) is 4.28. The van der Waals surface area contributed by atoms with Gasteiger partial charge < -0.3 is 10.5 Å². The van der Waals surface area contributed by atoms with Crippen molar-refractivity contribution in [2.45, 2.75) is 31.8 Å². The molecule has 2 atom stereocenters. The van der Waals surface area contributed by atoms with E-state index in [1.165, 1.54) is 12.1 Å². The van der Waals surface area contributed by atoms with Gasteiger partial charge >= 0.3 is 0 Å². The number of halogens is 2. The smallest absolute Gasteiger partial charge is 0.234 e. The molecule has 0 bridgehead atoms. The summed E-state index contributed by atoms with van der Waals surface area (Å²) >= 11 is 0. The van der Waals surface area contributed by atoms with Crippen molar-refractivity contribution in [3.8, 4) is 5.75 Å². The van der Waals surface area contributed by atoms with Crippen molar-refractivity contribution in [2.75, 3.05) is 6.54 Å². The second-order valence-electron chi connectivity index (χ2n) is 6.24. The number of hydrogen-bond donors (Lipinski definition) is 1. The van der Waals surface area contributed by atoms with Crippen molar-refractivity contribution in [3.05, 3.63) is 65.5 Å². The maximum atomic E-state index is 13.5. The first-order valence-electron chi connectivity index (χ1n) is 8.15. The van der Waals surface area contributed by atoms with Crippen molar-refractivity contribution >= 4 is 5.91 Å². The standard InChI is InChI=1S/C19H20F2N2O2/c20-15-3-1-2-14(8-15)12-25-17-6-4-13(5-7-17)10-23-11-16(21)9-18(23)19(22)24/h1-8,16,18H,9-12H2,(H2,22,24)/t16-,18+/m0/s1. The highest BCUT2D eigenvalue weighted by Gasteiger charge is 2.35. The van der Waals surface area contributed by atoms with E-state index in [4.69, 9.17) is 10.5 Å². The number of nitrogens with two attached hydrogens (primary N) is 1. The Hall–Kier alpha value is -2.47. The monoisotopic (exact) mass is 346 g/mol. The summed E-state index contributed by atoms with van der Waals surface area (Å²) in [5, 5.41) is 0. The van der Waals surface area contributed by atoms with Gasteiger partial charge in [0.05, 0.1) is 6.04 Å². The van der Waals surface area contributed by atoms with Crippen LogP contribution in [-0.2, 0) is 17.9 Å². The molecule has 1 fully saturated rings. The number of rotatable bonds is 6. The summed E-state index contributed by atoms with van der Waals surface area (Å²) in [7, 11) is 0. The zero-order valence-corrected chi connectivity index (χ0v) is 13.7. The first-order valence-corrected chi connectivity index (χ1v) is 8.15. The molecule has 2 N–H and O–H groups in total. The molecule has 4 nitrogen and oxygen atoms in total. The molecule has 6 heteroatoms. The Morgan fingerprint density at radius 3 is 2.64 bits per heavy atom. The predicted octanol–water partition coefficient (Wildman–Crippen LogP) is 2.80. The van der Waals surface area contributed by atoms with E-state index in [1.54, 1.807) is 29.2 Å². The zero-order valence-electron chi connectivity index (χ0n) is 13.7. The lowest BCUT2D eigenvalue weighted by atomic mass is 10.1. The first-order chi connectivity index (χ1) is 12.0. The van der Waals surface area contributed by atoms with E-state index in [1.807, 2.05) is 12.1 Å². The van der Waals surface area contributed by atoms with Crippen LogP contribution in [0.15, 0.2) is 48.5 Å². The predicted molar refractivity (Wildman–Crippen MR) is 90.1 cm³/mol. The van der Waals surface area contributed by atoms with Crippen LogP contribution in [0.5, 0.6) is 5.75 Å². The minimum atomic E-state index is -1.02. The van der Waals surface area contributed by atoms with Crippen LogP contribution in [0.25, 0.3) is 0 Å². The number of benzene rings is 2. The average Bonchev–Trinajstić information content (AvgIpc) is 2.95. The minimum absolute atomic E-state index is 0.157. The summed E-state index contributed by atoms with van der Waals surface area (Å²) in [6, 6.07) is 13.0. The molecule has 132 valence electrons. The molecule has 1 saturated heterocycles. The van der Waals surface area contributed by atoms with Crippen LogP contribution >= 0.6 is 0 Å². The molecule has 0 aliphatic carbocycles. The molecule has 0 radical (unpaired) electrons. The van der Waals surface area contributed by atoms with Crippen molar-refractivity contribution in [1.29, 1.82) is 0 Å². The van der Waals surface area contributed by atoms with Crippen molar-refractivity contribution in [1.82, 2.24) is 4.90 Å². The maximum absolute atomic E-state index is 13.5. The molecule has 0 spiro atoms. The van der Waals surface area contributed by atoms with Crippen molar-refractivity contribution in [2.24, 2.45) is 5.73 Å². The molecular formula is C19H20F2N2O2. The number of carbonyl (C=O) groups excluding carboxylic acids is 1. The fraction of sp³-hybridized carbons (Fsp3) is 0.316. The SMILES string of the molecule is NC(=O)[C@H]1C[C@H](F)CN1Cc1ccc(OCc2cccc(F)c2)cc1. The van der Waals surface area contributed by atoms with Crippen LogP contribution in [0.1, 0.15) is 17.5 Å². The molecule has 0 aromatic heterocycles. The highest BCUT2D eigenvalue weighted by molar-refractivity contribution is 5.80. The van der Waals surface area contributed by atoms with E-state index < -0.39 is 18.1 Å². The Balaban J connectivity index is 1.58. The summed E-state index contributed by atoms with van der Waals surface area (Å²) in [4.78, 5) is 13.2. The number of primary amides is 1. The van der Waals surface area contributed by atoms with Crippen molar-refractivity contribution < 1.29 is 18.3 Å². The molecule has 1 aliphatic heterocycles. The summed E-state index contributed by atoms with van der Waals surface area (Å²) in [5.74, 6) is -0.128. The Kier molecular flexibility index (Phi) is 5.28. The normalized spacial score (nSPS) is 20.6. The Morgan fingerprint density at radius 2 is 1.96 bits per heavy atom. The second-order valence-corrected chi connectivity index (χ2v) is 6.24. The van der Waals surface area contributed by atoms with Gasteiger partial charge in [-0.05, 0) is 35.4 Å². The van der Waals surface area contributed by atoms with Gasteiger partial charge in [0.25, 0.3) is 0 Å². The second kappa shape index (κ2) is 7.61. The summed E-state index contributed by atoms with van der Waals surface area (Å²) in [6.45, 7) is 0.945. The van der Waals surface area contributed by atoms with Gasteiger partial charge in [0.15, 0.2) is 0 Å². The van der Waals surface area contributed by atoms with Gasteiger partial charge in [-0.1, -0.05) is 24.3 Å². The largest absolute Gasteiger partial charge is 0.489 e. The van der Waals surface area contributed by atoms with Gasteiger partial charge in [0.2, 0.25) is 5.91 Å². The molecule has 25 heavy (non-hydrogen) atoms. The number of alkyl halides is 1. The topological polar surface area (TPSA) is 55.6 Å². The number of amides is 1. The van der Waals surface area contributed by atoms with Gasteiger partial charge in [-0.2, -0.15) is 0 Å². The molecule has 3 rings (SSSR count). The van der Waals surface area contributed by atoms with Crippen LogP contribution in [0.2, 0.25) is 0 Å². The molecular weight excluding hydrogens is 326 g/mol. The van der Waals surface area contributed by atoms with Gasteiger partial charge in [0, 0.05) is 19.5 Å². The van der Waals surface area contributed by atoms with Gasteiger partial charge in [-0.15, -0.1) is 0 Å². The minimum Gasteiger partial charge on any atom is -0.489 e. The van der Waals surface area contributed by atoms with Crippen LogP contribution in [-0.4, -0.2) is 29.6 Å². The van der Waals surface area contributed by atoms with Gasteiger partial charge in [-0.3, -0.25) is 9.69 Å². The van der Waals surface area contributed by atoms with Crippen molar-refractivity contribution in [3.63, 3.8) is 0 Å². The lowest BCUT2D eigenvalue weighted by molar-refractivity contribution is -0.122. The Morgan fingerprint density at radius 1 is 1.20 bits per heavy atom. The Labute approximate surface area is 145 Å². The highest BCUT2D eigenvalue weighted by Crippen LogP contribution is 2.23. The van der Waals surface area contributed by atoms with Crippen LogP contribution in [0.3, 0.4) is 0 Å². The van der Waals surface area contributed by atoms with Crippen LogP contribution in [0, 0.1) is 5.82 Å². The quantitative estimate of drug-likeness (QED) is 0.875. The van der Waals surface area contributed by atoms with E-state index >= 15 is 0 Å². The highest BCUT2D eigenvalue weighted by atomic mass is 19.1. The average molecular weight is 346 g/mol. The lowest BCUT2D eigenvalue weighted by Gasteiger charge is -2.21.